The molecule has 2 saturated heterocycles. The third kappa shape index (κ3) is 4.74. The van der Waals surface area contributed by atoms with Crippen molar-refractivity contribution in [1.29, 1.82) is 0 Å². The normalized spacial score (nSPS) is 20.5. The summed E-state index contributed by atoms with van der Waals surface area (Å²) in [5, 5.41) is 0. The molecule has 5 heterocycles. The molecule has 182 valence electrons. The van der Waals surface area contributed by atoms with Crippen molar-refractivity contribution in [2.75, 3.05) is 50.8 Å². The molecule has 0 unspecified atom stereocenters. The number of hydrogen-bond acceptors (Lipinski definition) is 6. The lowest BCUT2D eigenvalue weighted by Crippen LogP contribution is -2.53. The second-order valence-electron chi connectivity index (χ2n) is 10.9. The molecule has 0 aromatic carbocycles. The van der Waals surface area contributed by atoms with Crippen molar-refractivity contribution < 1.29 is 9.53 Å². The van der Waals surface area contributed by atoms with Gasteiger partial charge in [-0.1, -0.05) is 33.8 Å². The molecule has 7 nitrogen and oxygen atoms in total. The van der Waals surface area contributed by atoms with Crippen LogP contribution >= 0.6 is 0 Å². The zero-order valence-electron chi connectivity index (χ0n) is 21.0. The van der Waals surface area contributed by atoms with E-state index < -0.39 is 0 Å². The van der Waals surface area contributed by atoms with E-state index in [4.69, 9.17) is 9.72 Å². The maximum Gasteiger partial charge on any atom is 0.241 e. The second kappa shape index (κ2) is 9.36. The molecule has 0 spiro atoms. The molecule has 5 rings (SSSR count). The van der Waals surface area contributed by atoms with Gasteiger partial charge in [-0.3, -0.25) is 24.6 Å². The first-order valence-corrected chi connectivity index (χ1v) is 12.6. The Bertz CT molecular complexity index is 1030. The molecule has 0 atom stereocenters. The second-order valence-corrected chi connectivity index (χ2v) is 10.9. The van der Waals surface area contributed by atoms with Crippen molar-refractivity contribution in [1.82, 2.24) is 19.8 Å². The van der Waals surface area contributed by atoms with Crippen molar-refractivity contribution in [2.45, 2.75) is 58.0 Å². The first kappa shape index (κ1) is 23.4. The number of anilines is 1. The van der Waals surface area contributed by atoms with Crippen LogP contribution in [0.5, 0.6) is 0 Å². The third-order valence-electron chi connectivity index (χ3n) is 7.50. The lowest BCUT2D eigenvalue weighted by Gasteiger charge is -2.40. The molecular formula is C27H37N5O2. The zero-order chi connectivity index (χ0) is 23.9. The lowest BCUT2D eigenvalue weighted by atomic mass is 9.86. The third-order valence-corrected chi connectivity index (χ3v) is 7.50. The van der Waals surface area contributed by atoms with Gasteiger partial charge in [0.25, 0.3) is 0 Å². The predicted molar refractivity (Wildman–Crippen MR) is 133 cm³/mol. The van der Waals surface area contributed by atoms with Crippen molar-refractivity contribution >= 4 is 11.6 Å². The van der Waals surface area contributed by atoms with Gasteiger partial charge in [0.1, 0.15) is 0 Å². The van der Waals surface area contributed by atoms with E-state index in [-0.39, 0.29) is 11.3 Å². The molecule has 0 radical (unpaired) electrons. The van der Waals surface area contributed by atoms with E-state index in [0.717, 1.165) is 62.9 Å². The molecule has 34 heavy (non-hydrogen) atoms. The number of rotatable bonds is 6. The van der Waals surface area contributed by atoms with Gasteiger partial charge in [0.15, 0.2) is 0 Å². The minimum atomic E-state index is -0.128. The fraction of sp³-hybridized carbons (Fsp3) is 0.593. The number of carbonyl (C=O) groups is 1. The van der Waals surface area contributed by atoms with Crippen LogP contribution in [0.25, 0.3) is 0 Å². The summed E-state index contributed by atoms with van der Waals surface area (Å²) in [5.74, 6) is 0.525. The van der Waals surface area contributed by atoms with Crippen LogP contribution in [0.3, 0.4) is 0 Å². The van der Waals surface area contributed by atoms with Gasteiger partial charge >= 0.3 is 0 Å². The van der Waals surface area contributed by atoms with Crippen molar-refractivity contribution in [2.24, 2.45) is 0 Å². The van der Waals surface area contributed by atoms with Gasteiger partial charge in [-0.25, -0.2) is 0 Å². The maximum atomic E-state index is 13.0. The molecule has 2 fully saturated rings. The number of carbonyl (C=O) groups excluding carboxylic acids is 1. The standard InChI is InChI=1S/C27H37N5O2/c1-19(2)23-7-6-21(13-28-23)32-12-11-30(15-26(32)33)18-27(3,4)25-8-5-20-14-31(22-16-34-17-22)10-9-24(20)29-25/h5-8,13,19,22H,9-12,14-18H2,1-4H3. The van der Waals surface area contributed by atoms with Gasteiger partial charge in [-0.2, -0.15) is 0 Å². The predicted octanol–water partition coefficient (Wildman–Crippen LogP) is 2.98. The minimum absolute atomic E-state index is 0.128. The molecule has 3 aliphatic rings. The monoisotopic (exact) mass is 463 g/mol. The average molecular weight is 464 g/mol. The summed E-state index contributed by atoms with van der Waals surface area (Å²) < 4.78 is 5.37. The fourth-order valence-electron chi connectivity index (χ4n) is 5.23. The highest BCUT2D eigenvalue weighted by Gasteiger charge is 2.33. The van der Waals surface area contributed by atoms with E-state index in [2.05, 4.69) is 54.6 Å². The van der Waals surface area contributed by atoms with Crippen LogP contribution in [0.4, 0.5) is 5.69 Å². The topological polar surface area (TPSA) is 61.8 Å². The van der Waals surface area contributed by atoms with Crippen molar-refractivity contribution in [3.63, 3.8) is 0 Å². The van der Waals surface area contributed by atoms with Crippen LogP contribution in [0.1, 0.15) is 56.3 Å². The Hall–Kier alpha value is -2.35. The van der Waals surface area contributed by atoms with E-state index in [1.165, 1.54) is 11.3 Å². The summed E-state index contributed by atoms with van der Waals surface area (Å²) >= 11 is 0. The molecule has 3 aliphatic heterocycles. The fourth-order valence-corrected chi connectivity index (χ4v) is 5.23. The molecule has 0 N–H and O–H groups in total. The summed E-state index contributed by atoms with van der Waals surface area (Å²) in [6.45, 7) is 15.3. The number of hydrogen-bond donors (Lipinski definition) is 0. The summed E-state index contributed by atoms with van der Waals surface area (Å²) in [6, 6.07) is 9.09. The highest BCUT2D eigenvalue weighted by molar-refractivity contribution is 5.95. The largest absolute Gasteiger partial charge is 0.378 e. The van der Waals surface area contributed by atoms with Crippen LogP contribution in [0.2, 0.25) is 0 Å². The highest BCUT2D eigenvalue weighted by Crippen LogP contribution is 2.28. The Labute approximate surface area is 203 Å². The quantitative estimate of drug-likeness (QED) is 0.656. The summed E-state index contributed by atoms with van der Waals surface area (Å²) in [4.78, 5) is 29.3. The average Bonchev–Trinajstić information content (AvgIpc) is 2.77. The first-order valence-electron chi connectivity index (χ1n) is 12.6. The molecule has 1 amide bonds. The Morgan fingerprint density at radius 1 is 1.09 bits per heavy atom. The molecule has 2 aromatic heterocycles. The van der Waals surface area contributed by atoms with Crippen molar-refractivity contribution in [3.05, 3.63) is 53.1 Å². The molecular weight excluding hydrogens is 426 g/mol. The molecule has 7 heteroatoms. The van der Waals surface area contributed by atoms with Crippen LogP contribution < -0.4 is 4.90 Å². The maximum absolute atomic E-state index is 13.0. The Balaban J connectivity index is 1.21. The van der Waals surface area contributed by atoms with Gasteiger partial charge in [-0.05, 0) is 29.7 Å². The van der Waals surface area contributed by atoms with E-state index in [9.17, 15) is 4.79 Å². The van der Waals surface area contributed by atoms with Gasteiger partial charge < -0.3 is 9.64 Å². The van der Waals surface area contributed by atoms with Crippen molar-refractivity contribution in [3.8, 4) is 0 Å². The van der Waals surface area contributed by atoms with Crippen LogP contribution in [0, 0.1) is 0 Å². The van der Waals surface area contributed by atoms with Crippen LogP contribution in [-0.4, -0.2) is 77.7 Å². The number of ether oxygens (including phenoxy) is 1. The number of aromatic nitrogens is 2. The van der Waals surface area contributed by atoms with E-state index >= 15 is 0 Å². The molecule has 0 bridgehead atoms. The SMILES string of the molecule is CC(C)c1ccc(N2CCN(CC(C)(C)c3ccc4c(n3)CCN(C3COC3)C4)CC2=O)cn1. The number of nitrogens with zero attached hydrogens (tertiary/aromatic N) is 5. The van der Waals surface area contributed by atoms with Gasteiger partial charge in [-0.15, -0.1) is 0 Å². The Kier molecular flexibility index (Phi) is 6.44. The highest BCUT2D eigenvalue weighted by atomic mass is 16.5. The lowest BCUT2D eigenvalue weighted by molar-refractivity contribution is -0.121. The first-order chi connectivity index (χ1) is 16.3. The number of pyridine rings is 2. The number of piperazine rings is 1. The van der Waals surface area contributed by atoms with Gasteiger partial charge in [0.2, 0.25) is 5.91 Å². The van der Waals surface area contributed by atoms with E-state index in [1.807, 2.05) is 23.2 Å². The molecule has 2 aromatic rings. The van der Waals surface area contributed by atoms with Crippen LogP contribution in [-0.2, 0) is 27.9 Å². The molecule has 0 aliphatic carbocycles. The summed E-state index contributed by atoms with van der Waals surface area (Å²) in [7, 11) is 0. The summed E-state index contributed by atoms with van der Waals surface area (Å²) in [6.07, 6.45) is 2.83. The zero-order valence-corrected chi connectivity index (χ0v) is 21.0. The van der Waals surface area contributed by atoms with E-state index in [0.29, 0.717) is 25.0 Å². The Morgan fingerprint density at radius 2 is 1.91 bits per heavy atom. The minimum Gasteiger partial charge on any atom is -0.378 e. The van der Waals surface area contributed by atoms with Crippen LogP contribution in [0.15, 0.2) is 30.5 Å². The Morgan fingerprint density at radius 3 is 2.56 bits per heavy atom. The van der Waals surface area contributed by atoms with Gasteiger partial charge in [0, 0.05) is 61.6 Å². The van der Waals surface area contributed by atoms with Gasteiger partial charge in [0.05, 0.1) is 37.7 Å². The molecule has 0 saturated carbocycles. The van der Waals surface area contributed by atoms with E-state index in [1.54, 1.807) is 0 Å². The summed E-state index contributed by atoms with van der Waals surface area (Å²) in [5.41, 5.74) is 5.52. The smallest absolute Gasteiger partial charge is 0.241 e. The number of fused-ring (bicyclic) bond motifs is 1. The number of amides is 1.